The van der Waals surface area contributed by atoms with Gasteiger partial charge in [0.05, 0.1) is 10.0 Å². The molecular weight excluding hydrogens is 307 g/mol. The summed E-state index contributed by atoms with van der Waals surface area (Å²) >= 11 is 11.9. The predicted octanol–water partition coefficient (Wildman–Crippen LogP) is 3.29. The summed E-state index contributed by atoms with van der Waals surface area (Å²) in [6, 6.07) is 2.45. The first kappa shape index (κ1) is 16.6. The summed E-state index contributed by atoms with van der Waals surface area (Å²) in [6.07, 6.45) is 0. The molecule has 0 heterocycles. The van der Waals surface area contributed by atoms with Gasteiger partial charge in [0, 0.05) is 11.7 Å². The highest BCUT2D eigenvalue weighted by Gasteiger charge is 2.29. The standard InChI is InChI=1S/C12H18Cl2N2O2S/c1-7(12(2,3)4)16-19(17,18)11-9(13)5-8(15)6-10(11)14/h5-7,16H,15H2,1-4H3. The largest absolute Gasteiger partial charge is 0.399 e. The smallest absolute Gasteiger partial charge is 0.243 e. The van der Waals surface area contributed by atoms with Crippen LogP contribution in [0.25, 0.3) is 0 Å². The molecule has 0 radical (unpaired) electrons. The minimum atomic E-state index is -3.79. The summed E-state index contributed by atoms with van der Waals surface area (Å²) in [5.74, 6) is 0. The molecule has 0 bridgehead atoms. The lowest BCUT2D eigenvalue weighted by atomic mass is 9.89. The second-order valence-electron chi connectivity index (χ2n) is 5.52. The fourth-order valence-electron chi connectivity index (χ4n) is 1.30. The fourth-order valence-corrected chi connectivity index (χ4v) is 3.99. The van der Waals surface area contributed by atoms with Crippen LogP contribution >= 0.6 is 23.2 Å². The minimum absolute atomic E-state index is 0.0126. The number of nitrogen functional groups attached to an aromatic ring is 1. The SMILES string of the molecule is CC(NS(=O)(=O)c1c(Cl)cc(N)cc1Cl)C(C)(C)C. The molecule has 19 heavy (non-hydrogen) atoms. The Morgan fingerprint density at radius 1 is 1.21 bits per heavy atom. The molecule has 3 N–H and O–H groups in total. The van der Waals surface area contributed by atoms with Gasteiger partial charge in [0.25, 0.3) is 0 Å². The molecular formula is C12H18Cl2N2O2S. The summed E-state index contributed by atoms with van der Waals surface area (Å²) in [6.45, 7) is 7.60. The van der Waals surface area contributed by atoms with Gasteiger partial charge in [-0.05, 0) is 24.5 Å². The van der Waals surface area contributed by atoms with Crippen molar-refractivity contribution >= 4 is 38.9 Å². The Morgan fingerprint density at radius 2 is 1.63 bits per heavy atom. The summed E-state index contributed by atoms with van der Waals surface area (Å²) < 4.78 is 27.2. The first-order chi connectivity index (χ1) is 8.45. The Kier molecular flexibility index (Phi) is 4.78. The van der Waals surface area contributed by atoms with Gasteiger partial charge in [-0.15, -0.1) is 0 Å². The number of hydrogen-bond donors (Lipinski definition) is 2. The van der Waals surface area contributed by atoms with E-state index in [1.807, 2.05) is 20.8 Å². The van der Waals surface area contributed by atoms with E-state index in [2.05, 4.69) is 4.72 Å². The Morgan fingerprint density at radius 3 is 2.00 bits per heavy atom. The lowest BCUT2D eigenvalue weighted by Gasteiger charge is -2.28. The van der Waals surface area contributed by atoms with Gasteiger partial charge in [0.15, 0.2) is 0 Å². The average molecular weight is 325 g/mol. The Balaban J connectivity index is 3.23. The minimum Gasteiger partial charge on any atom is -0.399 e. The second-order valence-corrected chi connectivity index (χ2v) is 7.99. The molecule has 0 aliphatic carbocycles. The maximum Gasteiger partial charge on any atom is 0.243 e. The van der Waals surface area contributed by atoms with E-state index < -0.39 is 10.0 Å². The topological polar surface area (TPSA) is 72.2 Å². The van der Waals surface area contributed by atoms with Gasteiger partial charge in [-0.1, -0.05) is 44.0 Å². The van der Waals surface area contributed by atoms with Gasteiger partial charge in [-0.25, -0.2) is 13.1 Å². The molecule has 1 aromatic rings. The first-order valence-electron chi connectivity index (χ1n) is 5.72. The van der Waals surface area contributed by atoms with Crippen molar-refractivity contribution in [2.45, 2.75) is 38.6 Å². The van der Waals surface area contributed by atoms with Gasteiger partial charge < -0.3 is 5.73 Å². The number of halogens is 2. The number of sulfonamides is 1. The number of anilines is 1. The van der Waals surface area contributed by atoms with E-state index >= 15 is 0 Å². The van der Waals surface area contributed by atoms with Crippen LogP contribution in [-0.4, -0.2) is 14.5 Å². The molecule has 0 aliphatic rings. The van der Waals surface area contributed by atoms with E-state index in [0.717, 1.165) is 0 Å². The molecule has 1 atom stereocenters. The summed E-state index contributed by atoms with van der Waals surface area (Å²) in [5.41, 5.74) is 5.65. The van der Waals surface area contributed by atoms with Crippen molar-refractivity contribution in [1.82, 2.24) is 4.72 Å². The molecule has 1 unspecified atom stereocenters. The predicted molar refractivity (Wildman–Crippen MR) is 80.1 cm³/mol. The van der Waals surface area contributed by atoms with E-state index in [1.54, 1.807) is 6.92 Å². The van der Waals surface area contributed by atoms with Crippen LogP contribution in [0.15, 0.2) is 17.0 Å². The van der Waals surface area contributed by atoms with Gasteiger partial charge in [0.2, 0.25) is 10.0 Å². The second kappa shape index (κ2) is 5.48. The molecule has 1 rings (SSSR count). The molecule has 108 valence electrons. The normalized spacial score (nSPS) is 14.4. The summed E-state index contributed by atoms with van der Waals surface area (Å²) in [5, 5.41) is 0.0252. The molecule has 0 aromatic heterocycles. The van der Waals surface area contributed by atoms with Gasteiger partial charge in [0.1, 0.15) is 4.90 Å². The van der Waals surface area contributed by atoms with Crippen LogP contribution in [0.5, 0.6) is 0 Å². The summed E-state index contributed by atoms with van der Waals surface area (Å²) in [4.78, 5) is -0.138. The summed E-state index contributed by atoms with van der Waals surface area (Å²) in [7, 11) is -3.79. The molecule has 0 saturated heterocycles. The Labute approximate surface area is 124 Å². The highest BCUT2D eigenvalue weighted by Crippen LogP contribution is 2.32. The monoisotopic (exact) mass is 324 g/mol. The molecule has 7 heteroatoms. The van der Waals surface area contributed by atoms with Crippen LogP contribution in [0, 0.1) is 5.41 Å². The molecule has 1 aromatic carbocycles. The van der Waals surface area contributed by atoms with Crippen LogP contribution in [0.2, 0.25) is 10.0 Å². The van der Waals surface area contributed by atoms with Crippen molar-refractivity contribution in [3.05, 3.63) is 22.2 Å². The van der Waals surface area contributed by atoms with Gasteiger partial charge >= 0.3 is 0 Å². The zero-order valence-corrected chi connectivity index (χ0v) is 13.6. The zero-order chi connectivity index (χ0) is 15.0. The van der Waals surface area contributed by atoms with Crippen molar-refractivity contribution < 1.29 is 8.42 Å². The van der Waals surface area contributed by atoms with Crippen molar-refractivity contribution in [2.24, 2.45) is 5.41 Å². The number of nitrogens with one attached hydrogen (secondary N) is 1. The lowest BCUT2D eigenvalue weighted by Crippen LogP contribution is -2.41. The Hall–Kier alpha value is -0.490. The lowest BCUT2D eigenvalue weighted by molar-refractivity contribution is 0.317. The molecule has 0 spiro atoms. The van der Waals surface area contributed by atoms with E-state index in [0.29, 0.717) is 5.69 Å². The maximum absolute atomic E-state index is 12.3. The van der Waals surface area contributed by atoms with Crippen molar-refractivity contribution in [3.63, 3.8) is 0 Å². The van der Waals surface area contributed by atoms with Crippen molar-refractivity contribution in [3.8, 4) is 0 Å². The van der Waals surface area contributed by atoms with E-state index in [4.69, 9.17) is 28.9 Å². The van der Waals surface area contributed by atoms with Gasteiger partial charge in [-0.3, -0.25) is 0 Å². The van der Waals surface area contributed by atoms with E-state index in [9.17, 15) is 8.42 Å². The van der Waals surface area contributed by atoms with Gasteiger partial charge in [-0.2, -0.15) is 0 Å². The molecule has 0 aliphatic heterocycles. The van der Waals surface area contributed by atoms with Crippen LogP contribution in [-0.2, 0) is 10.0 Å². The number of rotatable bonds is 3. The highest BCUT2D eigenvalue weighted by atomic mass is 35.5. The van der Waals surface area contributed by atoms with E-state index in [-0.39, 0.29) is 26.4 Å². The number of hydrogen-bond acceptors (Lipinski definition) is 3. The number of benzene rings is 1. The maximum atomic E-state index is 12.3. The quantitative estimate of drug-likeness (QED) is 0.838. The average Bonchev–Trinajstić information content (AvgIpc) is 2.11. The van der Waals surface area contributed by atoms with Crippen LogP contribution in [0.3, 0.4) is 0 Å². The molecule has 0 saturated carbocycles. The molecule has 0 amide bonds. The van der Waals surface area contributed by atoms with Crippen LogP contribution < -0.4 is 10.5 Å². The third kappa shape index (κ3) is 3.99. The third-order valence-corrected chi connectivity index (χ3v) is 5.38. The number of nitrogens with two attached hydrogens (primary N) is 1. The Bertz CT molecular complexity index is 557. The molecule has 4 nitrogen and oxygen atoms in total. The van der Waals surface area contributed by atoms with Crippen LogP contribution in [0.1, 0.15) is 27.7 Å². The molecule has 0 fully saturated rings. The highest BCUT2D eigenvalue weighted by molar-refractivity contribution is 7.89. The fraction of sp³-hybridized carbons (Fsp3) is 0.500. The van der Waals surface area contributed by atoms with Crippen molar-refractivity contribution in [1.29, 1.82) is 0 Å². The van der Waals surface area contributed by atoms with E-state index in [1.165, 1.54) is 12.1 Å². The first-order valence-corrected chi connectivity index (χ1v) is 7.96. The third-order valence-electron chi connectivity index (χ3n) is 2.92. The van der Waals surface area contributed by atoms with Crippen molar-refractivity contribution in [2.75, 3.05) is 5.73 Å². The zero-order valence-electron chi connectivity index (χ0n) is 11.3. The van der Waals surface area contributed by atoms with Crippen LogP contribution in [0.4, 0.5) is 5.69 Å².